The number of hydrogen-bond acceptors (Lipinski definition) is 2. The molecule has 3 aromatic rings. The summed E-state index contributed by atoms with van der Waals surface area (Å²) in [5, 5.41) is 3.58. The van der Waals surface area contributed by atoms with E-state index in [1.807, 2.05) is 38.7 Å². The Morgan fingerprint density at radius 3 is 2.63 bits per heavy atom. The molecule has 1 amide bonds. The Bertz CT molecular complexity index is 1860. The molecule has 2 aromatic carbocycles. The number of nitrogens with one attached hydrogen (secondary N) is 1. The van der Waals surface area contributed by atoms with E-state index >= 15 is 4.39 Å². The summed E-state index contributed by atoms with van der Waals surface area (Å²) in [6.45, 7) is 15.5. The number of aryl methyl sites for hydroxylation is 1. The van der Waals surface area contributed by atoms with Crippen molar-refractivity contribution in [3.63, 3.8) is 0 Å². The van der Waals surface area contributed by atoms with Gasteiger partial charge < -0.3 is 14.8 Å². The fourth-order valence-electron chi connectivity index (χ4n) is 8.52. The molecule has 1 N–H and O–H groups in total. The fourth-order valence-corrected chi connectivity index (χ4v) is 8.52. The van der Waals surface area contributed by atoms with E-state index in [1.54, 1.807) is 11.6 Å². The van der Waals surface area contributed by atoms with Gasteiger partial charge in [-0.3, -0.25) is 4.79 Å². The summed E-state index contributed by atoms with van der Waals surface area (Å²) < 4.78 is 18.3. The van der Waals surface area contributed by atoms with Crippen molar-refractivity contribution in [3.8, 4) is 11.1 Å². The first-order valence-corrected chi connectivity index (χ1v) is 18.5. The lowest BCUT2D eigenvalue weighted by molar-refractivity contribution is 0.0723. The van der Waals surface area contributed by atoms with Gasteiger partial charge in [-0.25, -0.2) is 4.39 Å². The molecular weight excluding hydrogens is 606 g/mol. The maximum atomic E-state index is 16.0. The summed E-state index contributed by atoms with van der Waals surface area (Å²) in [5.74, 6) is 0.170. The fraction of sp³-hybridized carbons (Fsp3) is 0.409. The highest BCUT2D eigenvalue weighted by Gasteiger charge is 2.48. The largest absolute Gasteiger partial charge is 0.354 e. The van der Waals surface area contributed by atoms with E-state index in [0.29, 0.717) is 17.0 Å². The number of amides is 1. The molecule has 0 saturated heterocycles. The van der Waals surface area contributed by atoms with Crippen LogP contribution < -0.4 is 5.32 Å². The van der Waals surface area contributed by atoms with E-state index in [-0.39, 0.29) is 25.1 Å². The van der Waals surface area contributed by atoms with E-state index in [4.69, 9.17) is 0 Å². The van der Waals surface area contributed by atoms with Crippen molar-refractivity contribution in [2.45, 2.75) is 111 Å². The molecule has 49 heavy (non-hydrogen) atoms. The highest BCUT2D eigenvalue weighted by Crippen LogP contribution is 2.57. The number of rotatable bonds is 11. The van der Waals surface area contributed by atoms with Gasteiger partial charge in [0.2, 0.25) is 0 Å². The smallest absolute Gasteiger partial charge is 0.255 e. The lowest BCUT2D eigenvalue weighted by Crippen LogP contribution is -2.34. The molecular formula is C44H54FN3O. The highest BCUT2D eigenvalue weighted by atomic mass is 19.1. The number of carbonyl (C=O) groups excluding carboxylic acids is 1. The van der Waals surface area contributed by atoms with Crippen LogP contribution in [0.2, 0.25) is 0 Å². The molecule has 3 heterocycles. The van der Waals surface area contributed by atoms with Gasteiger partial charge in [-0.2, -0.15) is 0 Å². The molecule has 1 saturated carbocycles. The molecule has 7 rings (SSSR count). The first kappa shape index (κ1) is 34.5. The van der Waals surface area contributed by atoms with Gasteiger partial charge in [0, 0.05) is 47.7 Å². The molecule has 1 aromatic heterocycles. The third-order valence-electron chi connectivity index (χ3n) is 11.3. The lowest BCUT2D eigenvalue weighted by atomic mass is 9.61. The second kappa shape index (κ2) is 14.6. The van der Waals surface area contributed by atoms with Crippen LogP contribution in [0.4, 0.5) is 4.39 Å². The van der Waals surface area contributed by atoms with Gasteiger partial charge in [0.15, 0.2) is 0 Å². The number of fused-ring (bicyclic) bond motifs is 3. The first-order chi connectivity index (χ1) is 23.9. The van der Waals surface area contributed by atoms with Gasteiger partial charge in [0.25, 0.3) is 5.91 Å². The third-order valence-corrected chi connectivity index (χ3v) is 11.3. The average molecular weight is 660 g/mol. The van der Waals surface area contributed by atoms with Crippen molar-refractivity contribution in [1.82, 2.24) is 14.8 Å². The van der Waals surface area contributed by atoms with Crippen LogP contribution in [0.15, 0.2) is 102 Å². The lowest BCUT2D eigenvalue weighted by Gasteiger charge is -2.42. The number of carbonyl (C=O) groups is 1. The summed E-state index contributed by atoms with van der Waals surface area (Å²) in [4.78, 5) is 16.2. The molecule has 4 nitrogen and oxygen atoms in total. The number of aromatic nitrogens is 1. The number of halogens is 1. The van der Waals surface area contributed by atoms with Crippen LogP contribution in [0.3, 0.4) is 0 Å². The molecule has 0 spiro atoms. The van der Waals surface area contributed by atoms with Gasteiger partial charge >= 0.3 is 0 Å². The summed E-state index contributed by atoms with van der Waals surface area (Å²) in [5.41, 5.74) is 12.9. The molecule has 3 unspecified atom stereocenters. The Morgan fingerprint density at radius 2 is 1.96 bits per heavy atom. The van der Waals surface area contributed by atoms with Gasteiger partial charge in [-0.1, -0.05) is 81.5 Å². The molecule has 2 aliphatic heterocycles. The molecule has 4 aliphatic rings. The van der Waals surface area contributed by atoms with E-state index in [9.17, 15) is 4.79 Å². The Balaban J connectivity index is 0.00000159. The second-order valence-electron chi connectivity index (χ2n) is 13.7. The molecule has 0 bridgehead atoms. The molecule has 2 aliphatic carbocycles. The minimum absolute atomic E-state index is 0. The Labute approximate surface area is 294 Å². The van der Waals surface area contributed by atoms with E-state index in [1.165, 1.54) is 36.9 Å². The third kappa shape index (κ3) is 6.19. The number of allylic oxidation sites excluding steroid dienone is 6. The van der Waals surface area contributed by atoms with Crippen molar-refractivity contribution in [2.24, 2.45) is 5.92 Å². The van der Waals surface area contributed by atoms with Gasteiger partial charge in [0.1, 0.15) is 11.9 Å². The summed E-state index contributed by atoms with van der Waals surface area (Å²) >= 11 is 0. The van der Waals surface area contributed by atoms with Gasteiger partial charge in [-0.15, -0.1) is 5.73 Å². The van der Waals surface area contributed by atoms with Crippen LogP contribution in [-0.2, 0) is 24.9 Å². The normalized spacial score (nSPS) is 21.3. The van der Waals surface area contributed by atoms with Gasteiger partial charge in [-0.05, 0) is 106 Å². The van der Waals surface area contributed by atoms with Crippen LogP contribution in [0.1, 0.15) is 120 Å². The van der Waals surface area contributed by atoms with Crippen molar-refractivity contribution >= 4 is 5.91 Å². The van der Waals surface area contributed by atoms with E-state index in [0.717, 1.165) is 60.3 Å². The highest BCUT2D eigenvalue weighted by molar-refractivity contribution is 6.00. The number of benzene rings is 2. The predicted molar refractivity (Wildman–Crippen MR) is 202 cm³/mol. The molecule has 3 atom stereocenters. The quantitative estimate of drug-likeness (QED) is 0.164. The van der Waals surface area contributed by atoms with E-state index < -0.39 is 6.04 Å². The molecule has 5 heteroatoms. The SMILES string of the molecule is C=C=C(N/C(=C\C)CC/C=C\C)C(c1ccn2c1CCC2)N1Cc2c(F)cc(-c3ccc(C45CCC4=CC(CC)C5)cc3)cc2C1=O.CC.[HH]. The predicted octanol–water partition coefficient (Wildman–Crippen LogP) is 11.1. The summed E-state index contributed by atoms with van der Waals surface area (Å²) in [6.07, 6.45) is 19.4. The topological polar surface area (TPSA) is 37.3 Å². The number of hydrogen-bond donors (Lipinski definition) is 1. The average Bonchev–Trinajstić information content (AvgIpc) is 3.89. The zero-order valence-corrected chi connectivity index (χ0v) is 30.0. The van der Waals surface area contributed by atoms with Crippen LogP contribution in [-0.4, -0.2) is 15.4 Å². The van der Waals surface area contributed by atoms with Crippen LogP contribution in [0, 0.1) is 11.7 Å². The van der Waals surface area contributed by atoms with E-state index in [2.05, 4.69) is 90.0 Å². The minimum atomic E-state index is -0.456. The van der Waals surface area contributed by atoms with Crippen molar-refractivity contribution in [2.75, 3.05) is 0 Å². The monoisotopic (exact) mass is 659 g/mol. The molecule has 1 fully saturated rings. The van der Waals surface area contributed by atoms with Crippen LogP contribution in [0.25, 0.3) is 11.1 Å². The first-order valence-electron chi connectivity index (χ1n) is 18.5. The Hall–Kier alpha value is -4.34. The Morgan fingerprint density at radius 1 is 1.16 bits per heavy atom. The minimum Gasteiger partial charge on any atom is -0.354 e. The molecule has 258 valence electrons. The van der Waals surface area contributed by atoms with Gasteiger partial charge in [0.05, 0.1) is 12.2 Å². The van der Waals surface area contributed by atoms with Crippen molar-refractivity contribution < 1.29 is 10.6 Å². The zero-order valence-electron chi connectivity index (χ0n) is 30.0. The maximum Gasteiger partial charge on any atom is 0.255 e. The summed E-state index contributed by atoms with van der Waals surface area (Å²) in [7, 11) is 0. The second-order valence-corrected chi connectivity index (χ2v) is 13.7. The standard InChI is InChI=1S/C42H46FN3O.C2H6.H2/c1-5-9-10-12-33(7-3)44-38(8-4)40(34-19-22-45-21-11-13-39(34)45)46-27-36-35(41(46)47)24-30(25-37(36)43)29-14-16-31(17-15-29)42-20-18-32(42)23-28(6-2)26-42;1-2;/h5,7,9,14-17,19,22-25,28,40,44H,4,6,10-13,18,20-21,26-27H2,1-3H3;1-2H3;1H/b9-5-,33-7-;;. The van der Waals surface area contributed by atoms with Crippen LogP contribution >= 0.6 is 0 Å². The van der Waals surface area contributed by atoms with Crippen LogP contribution in [0.5, 0.6) is 0 Å². The number of nitrogens with zero attached hydrogens (tertiary/aromatic N) is 2. The Kier molecular flexibility index (Phi) is 10.3. The van der Waals surface area contributed by atoms with Crippen molar-refractivity contribution in [3.05, 3.63) is 136 Å². The zero-order chi connectivity index (χ0) is 34.7. The maximum absolute atomic E-state index is 16.0. The molecule has 0 radical (unpaired) electrons. The summed E-state index contributed by atoms with van der Waals surface area (Å²) in [6, 6.07) is 13.8. The van der Waals surface area contributed by atoms with Crippen molar-refractivity contribution in [1.29, 1.82) is 0 Å².